The van der Waals surface area contributed by atoms with Crippen molar-refractivity contribution in [3.63, 3.8) is 0 Å². The second-order valence-corrected chi connectivity index (χ2v) is 9.36. The smallest absolute Gasteiger partial charge is 0.264 e. The van der Waals surface area contributed by atoms with Crippen LogP contribution in [-0.4, -0.2) is 39.4 Å². The second-order valence-electron chi connectivity index (χ2n) is 6.95. The van der Waals surface area contributed by atoms with Gasteiger partial charge in [0.25, 0.3) is 15.9 Å². The molecule has 1 saturated heterocycles. The Hall–Kier alpha value is -2.05. The average molecular weight is 407 g/mol. The summed E-state index contributed by atoms with van der Waals surface area (Å²) < 4.78 is 27.2. The topological polar surface area (TPSA) is 57.7 Å². The Kier molecular flexibility index (Phi) is 5.77. The molecule has 0 spiro atoms. The molecule has 1 fully saturated rings. The van der Waals surface area contributed by atoms with Gasteiger partial charge in [-0.3, -0.25) is 9.10 Å². The van der Waals surface area contributed by atoms with Gasteiger partial charge in [-0.1, -0.05) is 30.7 Å². The Bertz CT molecular complexity index is 938. The summed E-state index contributed by atoms with van der Waals surface area (Å²) in [5.41, 5.74) is 0.856. The standard InChI is InChI=1S/C20H23ClN2O3S/c1-15-9-11-23(12-10-15)20(24)16-5-3-8-19(13-16)27(25,26)22(2)18-7-4-6-17(21)14-18/h3-8,13-15H,9-12H2,1-2H3. The second kappa shape index (κ2) is 7.90. The zero-order valence-electron chi connectivity index (χ0n) is 15.4. The average Bonchev–Trinajstić information content (AvgIpc) is 2.67. The highest BCUT2D eigenvalue weighted by Gasteiger charge is 2.25. The maximum Gasteiger partial charge on any atom is 0.264 e. The van der Waals surface area contributed by atoms with E-state index in [1.54, 1.807) is 41.3 Å². The molecular formula is C20H23ClN2O3S. The molecule has 0 bridgehead atoms. The largest absolute Gasteiger partial charge is 0.339 e. The van der Waals surface area contributed by atoms with Crippen molar-refractivity contribution >= 4 is 33.2 Å². The number of hydrogen-bond donors (Lipinski definition) is 0. The van der Waals surface area contributed by atoms with Gasteiger partial charge in [0.05, 0.1) is 10.6 Å². The first-order valence-electron chi connectivity index (χ1n) is 8.93. The van der Waals surface area contributed by atoms with E-state index in [2.05, 4.69) is 6.92 Å². The fraction of sp³-hybridized carbons (Fsp3) is 0.350. The number of nitrogens with zero attached hydrogens (tertiary/aromatic N) is 2. The number of carbonyl (C=O) groups excluding carboxylic acids is 1. The minimum atomic E-state index is -3.80. The molecule has 0 N–H and O–H groups in total. The monoisotopic (exact) mass is 406 g/mol. The lowest BCUT2D eigenvalue weighted by atomic mass is 9.98. The molecule has 27 heavy (non-hydrogen) atoms. The van der Waals surface area contributed by atoms with Crippen molar-refractivity contribution in [2.75, 3.05) is 24.4 Å². The molecule has 0 radical (unpaired) electrons. The maximum absolute atomic E-state index is 13.0. The Labute approximate surface area is 165 Å². The number of halogens is 1. The molecule has 7 heteroatoms. The summed E-state index contributed by atoms with van der Waals surface area (Å²) in [6.45, 7) is 3.60. The zero-order chi connectivity index (χ0) is 19.6. The van der Waals surface area contributed by atoms with Crippen LogP contribution in [0.1, 0.15) is 30.1 Å². The van der Waals surface area contributed by atoms with E-state index in [1.165, 1.54) is 23.5 Å². The minimum absolute atomic E-state index is 0.0844. The van der Waals surface area contributed by atoms with Crippen molar-refractivity contribution in [1.82, 2.24) is 4.90 Å². The van der Waals surface area contributed by atoms with Gasteiger partial charge in [-0.2, -0.15) is 0 Å². The molecule has 0 aliphatic carbocycles. The van der Waals surface area contributed by atoms with Crippen LogP contribution in [-0.2, 0) is 10.0 Å². The van der Waals surface area contributed by atoms with E-state index in [9.17, 15) is 13.2 Å². The van der Waals surface area contributed by atoms with E-state index in [0.29, 0.717) is 35.3 Å². The van der Waals surface area contributed by atoms with Crippen molar-refractivity contribution < 1.29 is 13.2 Å². The summed E-state index contributed by atoms with van der Waals surface area (Å²) in [5.74, 6) is 0.497. The SMILES string of the molecule is CC1CCN(C(=O)c2cccc(S(=O)(=O)N(C)c3cccc(Cl)c3)c2)CC1. The molecule has 1 aliphatic rings. The molecule has 0 aromatic heterocycles. The molecule has 1 heterocycles. The minimum Gasteiger partial charge on any atom is -0.339 e. The van der Waals surface area contributed by atoms with Crippen molar-refractivity contribution in [3.8, 4) is 0 Å². The lowest BCUT2D eigenvalue weighted by Crippen LogP contribution is -2.38. The van der Waals surface area contributed by atoms with E-state index in [4.69, 9.17) is 11.6 Å². The van der Waals surface area contributed by atoms with Gasteiger partial charge in [0.1, 0.15) is 0 Å². The van der Waals surface area contributed by atoms with Crippen LogP contribution in [0, 0.1) is 5.92 Å². The lowest BCUT2D eigenvalue weighted by Gasteiger charge is -2.30. The molecule has 0 atom stereocenters. The molecule has 0 saturated carbocycles. The third-order valence-electron chi connectivity index (χ3n) is 4.98. The Morgan fingerprint density at radius 1 is 1.11 bits per heavy atom. The number of amides is 1. The highest BCUT2D eigenvalue weighted by Crippen LogP contribution is 2.26. The van der Waals surface area contributed by atoms with Gasteiger partial charge in [0.15, 0.2) is 0 Å². The Morgan fingerprint density at radius 2 is 1.78 bits per heavy atom. The van der Waals surface area contributed by atoms with Crippen molar-refractivity contribution in [2.45, 2.75) is 24.7 Å². The summed E-state index contributed by atoms with van der Waals surface area (Å²) in [5, 5.41) is 0.456. The number of sulfonamides is 1. The first-order chi connectivity index (χ1) is 12.8. The van der Waals surface area contributed by atoms with Gasteiger partial charge in [0, 0.05) is 30.7 Å². The third kappa shape index (κ3) is 4.28. The first-order valence-corrected chi connectivity index (χ1v) is 10.7. The molecule has 2 aromatic rings. The number of likely N-dealkylation sites (tertiary alicyclic amines) is 1. The number of anilines is 1. The van der Waals surface area contributed by atoms with E-state index in [-0.39, 0.29) is 10.8 Å². The highest BCUT2D eigenvalue weighted by atomic mass is 35.5. The van der Waals surface area contributed by atoms with Gasteiger partial charge >= 0.3 is 0 Å². The van der Waals surface area contributed by atoms with Crippen LogP contribution < -0.4 is 4.31 Å². The van der Waals surface area contributed by atoms with Gasteiger partial charge in [-0.25, -0.2) is 8.42 Å². The normalized spacial score (nSPS) is 15.6. The van der Waals surface area contributed by atoms with Crippen molar-refractivity contribution in [2.24, 2.45) is 5.92 Å². The van der Waals surface area contributed by atoms with Gasteiger partial charge < -0.3 is 4.90 Å². The zero-order valence-corrected chi connectivity index (χ0v) is 17.0. The number of hydrogen-bond acceptors (Lipinski definition) is 3. The molecule has 3 rings (SSSR count). The van der Waals surface area contributed by atoms with Gasteiger partial charge in [0.2, 0.25) is 0 Å². The summed E-state index contributed by atoms with van der Waals surface area (Å²) in [6, 6.07) is 12.9. The fourth-order valence-corrected chi connectivity index (χ4v) is 4.57. The highest BCUT2D eigenvalue weighted by molar-refractivity contribution is 7.92. The molecular weight excluding hydrogens is 384 g/mol. The number of carbonyl (C=O) groups is 1. The van der Waals surface area contributed by atoms with Crippen molar-refractivity contribution in [1.29, 1.82) is 0 Å². The molecule has 1 amide bonds. The van der Waals surface area contributed by atoms with Crippen LogP contribution in [0.15, 0.2) is 53.4 Å². The van der Waals surface area contributed by atoms with E-state index >= 15 is 0 Å². The van der Waals surface area contributed by atoms with E-state index in [0.717, 1.165) is 12.8 Å². The maximum atomic E-state index is 13.0. The first kappa shape index (κ1) is 19.7. The van der Waals surface area contributed by atoms with E-state index < -0.39 is 10.0 Å². The Morgan fingerprint density at radius 3 is 2.44 bits per heavy atom. The predicted molar refractivity (Wildman–Crippen MR) is 108 cm³/mol. The molecule has 5 nitrogen and oxygen atoms in total. The van der Waals surface area contributed by atoms with Crippen LogP contribution in [0.25, 0.3) is 0 Å². The van der Waals surface area contributed by atoms with Crippen LogP contribution in [0.4, 0.5) is 5.69 Å². The number of rotatable bonds is 4. The third-order valence-corrected chi connectivity index (χ3v) is 7.00. The Balaban J connectivity index is 1.86. The summed E-state index contributed by atoms with van der Waals surface area (Å²) >= 11 is 5.98. The lowest BCUT2D eigenvalue weighted by molar-refractivity contribution is 0.0697. The van der Waals surface area contributed by atoms with Crippen LogP contribution >= 0.6 is 11.6 Å². The van der Waals surface area contributed by atoms with Crippen LogP contribution in [0.2, 0.25) is 5.02 Å². The van der Waals surface area contributed by atoms with Gasteiger partial charge in [-0.15, -0.1) is 0 Å². The van der Waals surface area contributed by atoms with Crippen molar-refractivity contribution in [3.05, 3.63) is 59.1 Å². The predicted octanol–water partition coefficient (Wildman–Crippen LogP) is 4.04. The van der Waals surface area contributed by atoms with Crippen LogP contribution in [0.5, 0.6) is 0 Å². The van der Waals surface area contributed by atoms with E-state index in [1.807, 2.05) is 0 Å². The summed E-state index contributed by atoms with van der Waals surface area (Å²) in [4.78, 5) is 14.7. The molecule has 2 aromatic carbocycles. The molecule has 0 unspecified atom stereocenters. The van der Waals surface area contributed by atoms with Gasteiger partial charge in [-0.05, 0) is 55.2 Å². The van der Waals surface area contributed by atoms with Crippen LogP contribution in [0.3, 0.4) is 0 Å². The molecule has 144 valence electrons. The quantitative estimate of drug-likeness (QED) is 0.769. The summed E-state index contributed by atoms with van der Waals surface area (Å²) in [7, 11) is -2.33. The molecule has 1 aliphatic heterocycles. The summed E-state index contributed by atoms with van der Waals surface area (Å²) in [6.07, 6.45) is 1.95. The number of piperidine rings is 1. The fourth-order valence-electron chi connectivity index (χ4n) is 3.15. The number of benzene rings is 2.